The second-order valence-electron chi connectivity index (χ2n) is 7.20. The zero-order valence-corrected chi connectivity index (χ0v) is 14.8. The molecule has 0 nitrogen and oxygen atoms in total. The van der Waals surface area contributed by atoms with Gasteiger partial charge >= 0.3 is 0 Å². The zero-order valence-electron chi connectivity index (χ0n) is 14.8. The molecule has 0 atom stereocenters. The predicted molar refractivity (Wildman–Crippen MR) is 89.7 cm³/mol. The van der Waals surface area contributed by atoms with E-state index in [4.69, 9.17) is 0 Å². The molecule has 0 aliphatic heterocycles. The van der Waals surface area contributed by atoms with E-state index in [9.17, 15) is 0 Å². The molecule has 2 rings (SSSR count). The number of hydrogen-bond donors (Lipinski definition) is 0. The highest BCUT2D eigenvalue weighted by atomic mass is 14.4. The second-order valence-corrected chi connectivity index (χ2v) is 7.20. The molecule has 2 aliphatic carbocycles. The normalized spacial score (nSPS) is 23.9. The summed E-state index contributed by atoms with van der Waals surface area (Å²) in [5.41, 5.74) is 12.6. The van der Waals surface area contributed by atoms with Crippen LogP contribution in [-0.4, -0.2) is 0 Å². The van der Waals surface area contributed by atoms with Crippen LogP contribution in [-0.2, 0) is 0 Å². The molecule has 0 saturated heterocycles. The van der Waals surface area contributed by atoms with Gasteiger partial charge in [0, 0.05) is 11.3 Å². The first kappa shape index (κ1) is 15.4. The lowest BCUT2D eigenvalue weighted by Crippen LogP contribution is -2.22. The van der Waals surface area contributed by atoms with Crippen LogP contribution >= 0.6 is 0 Å². The molecule has 0 heteroatoms. The van der Waals surface area contributed by atoms with Crippen LogP contribution in [0.5, 0.6) is 0 Å². The zero-order chi connectivity index (χ0) is 15.4. The van der Waals surface area contributed by atoms with E-state index in [0.717, 1.165) is 0 Å². The molecule has 20 heavy (non-hydrogen) atoms. The summed E-state index contributed by atoms with van der Waals surface area (Å²) < 4.78 is 0. The summed E-state index contributed by atoms with van der Waals surface area (Å²) in [5.74, 6) is 0.628. The first-order valence-corrected chi connectivity index (χ1v) is 7.84. The Kier molecular flexibility index (Phi) is 3.65. The molecule has 0 heterocycles. The van der Waals surface area contributed by atoms with E-state index >= 15 is 0 Å². The van der Waals surface area contributed by atoms with E-state index in [2.05, 4.69) is 62.3 Å². The maximum absolute atomic E-state index is 2.45. The Bertz CT molecular complexity index is 540. The third-order valence-corrected chi connectivity index (χ3v) is 6.75. The lowest BCUT2D eigenvalue weighted by molar-refractivity contribution is 0.395. The van der Waals surface area contributed by atoms with E-state index in [1.807, 2.05) is 0 Å². The lowest BCUT2D eigenvalue weighted by Gasteiger charge is -2.33. The Morgan fingerprint density at radius 3 is 1.35 bits per heavy atom. The Morgan fingerprint density at radius 1 is 0.650 bits per heavy atom. The maximum Gasteiger partial charge on any atom is 0.0107 e. The fourth-order valence-electron chi connectivity index (χ4n) is 4.13. The average molecular weight is 270 g/mol. The number of rotatable bonds is 2. The molecule has 0 amide bonds. The minimum absolute atomic E-state index is 0.242. The highest BCUT2D eigenvalue weighted by Crippen LogP contribution is 2.53. The first-order chi connectivity index (χ1) is 9.12. The van der Waals surface area contributed by atoms with Gasteiger partial charge in [-0.15, -0.1) is 0 Å². The molecule has 0 aromatic carbocycles. The van der Waals surface area contributed by atoms with Crippen molar-refractivity contribution in [3.8, 4) is 0 Å². The van der Waals surface area contributed by atoms with Gasteiger partial charge in [0.25, 0.3) is 0 Å². The molecule has 0 aromatic heterocycles. The van der Waals surface area contributed by atoms with Crippen molar-refractivity contribution < 1.29 is 0 Å². The van der Waals surface area contributed by atoms with Crippen LogP contribution in [0.1, 0.15) is 68.7 Å². The Labute approximate surface area is 125 Å². The fourth-order valence-corrected chi connectivity index (χ4v) is 4.13. The third-order valence-electron chi connectivity index (χ3n) is 6.75. The van der Waals surface area contributed by atoms with Gasteiger partial charge in [0.2, 0.25) is 0 Å². The van der Waals surface area contributed by atoms with E-state index in [-0.39, 0.29) is 5.41 Å². The van der Waals surface area contributed by atoms with Gasteiger partial charge in [-0.1, -0.05) is 29.2 Å². The van der Waals surface area contributed by atoms with Gasteiger partial charge in [-0.3, -0.25) is 0 Å². The molecule has 0 aromatic rings. The van der Waals surface area contributed by atoms with Gasteiger partial charge in [0.15, 0.2) is 0 Å². The van der Waals surface area contributed by atoms with Crippen molar-refractivity contribution in [2.24, 2.45) is 11.3 Å². The quantitative estimate of drug-likeness (QED) is 0.546. The summed E-state index contributed by atoms with van der Waals surface area (Å²) in [4.78, 5) is 0. The van der Waals surface area contributed by atoms with Crippen molar-refractivity contribution in [1.82, 2.24) is 0 Å². The van der Waals surface area contributed by atoms with E-state index in [1.54, 1.807) is 22.3 Å². The second kappa shape index (κ2) is 4.76. The van der Waals surface area contributed by atoms with Gasteiger partial charge in [-0.2, -0.15) is 0 Å². The first-order valence-electron chi connectivity index (χ1n) is 7.84. The number of hydrogen-bond acceptors (Lipinski definition) is 0. The molecule has 2 aliphatic rings. The summed E-state index contributed by atoms with van der Waals surface area (Å²) >= 11 is 0. The maximum atomic E-state index is 2.45. The molecular weight excluding hydrogens is 240 g/mol. The SMILES string of the molecule is CC1=C(C)C(CC2(C)C(C)=C(C)C(C)=C2C)C(C)=C1C. The van der Waals surface area contributed by atoms with Crippen molar-refractivity contribution in [3.05, 3.63) is 44.6 Å². The van der Waals surface area contributed by atoms with Gasteiger partial charge in [0.1, 0.15) is 0 Å². The van der Waals surface area contributed by atoms with Gasteiger partial charge in [-0.05, 0) is 84.1 Å². The summed E-state index contributed by atoms with van der Waals surface area (Å²) in [6.07, 6.45) is 1.23. The molecule has 0 fully saturated rings. The molecule has 0 N–H and O–H groups in total. The Hall–Kier alpha value is -1.04. The third kappa shape index (κ3) is 1.88. The van der Waals surface area contributed by atoms with Gasteiger partial charge in [0.05, 0.1) is 0 Å². The standard InChI is InChI=1S/C20H30/c1-11-12(2)16(6)19(15(11)5)10-20(9)17(7)13(3)14(4)18(20)8/h19H,10H2,1-9H3. The average Bonchev–Trinajstić information content (AvgIpc) is 2.68. The van der Waals surface area contributed by atoms with Crippen molar-refractivity contribution in [3.63, 3.8) is 0 Å². The van der Waals surface area contributed by atoms with Crippen LogP contribution in [0.3, 0.4) is 0 Å². The molecule has 0 unspecified atom stereocenters. The highest BCUT2D eigenvalue weighted by molar-refractivity contribution is 5.52. The summed E-state index contributed by atoms with van der Waals surface area (Å²) in [7, 11) is 0. The van der Waals surface area contributed by atoms with Crippen molar-refractivity contribution in [2.45, 2.75) is 68.7 Å². The molecule has 0 radical (unpaired) electrons. The minimum atomic E-state index is 0.242. The van der Waals surface area contributed by atoms with Crippen molar-refractivity contribution in [2.75, 3.05) is 0 Å². The Morgan fingerprint density at radius 2 is 1.00 bits per heavy atom. The smallest absolute Gasteiger partial charge is 0.0107 e. The molecular formula is C20H30. The van der Waals surface area contributed by atoms with Crippen LogP contribution < -0.4 is 0 Å². The van der Waals surface area contributed by atoms with Crippen LogP contribution in [0.15, 0.2) is 44.6 Å². The van der Waals surface area contributed by atoms with E-state index in [1.165, 1.54) is 28.7 Å². The summed E-state index contributed by atoms with van der Waals surface area (Å²) in [6.45, 7) is 20.9. The monoisotopic (exact) mass is 270 g/mol. The summed E-state index contributed by atoms with van der Waals surface area (Å²) in [5, 5.41) is 0. The van der Waals surface area contributed by atoms with Crippen LogP contribution in [0.25, 0.3) is 0 Å². The van der Waals surface area contributed by atoms with Gasteiger partial charge < -0.3 is 0 Å². The van der Waals surface area contributed by atoms with Crippen LogP contribution in [0.2, 0.25) is 0 Å². The molecule has 110 valence electrons. The fraction of sp³-hybridized carbons (Fsp3) is 0.600. The summed E-state index contributed by atoms with van der Waals surface area (Å²) in [6, 6.07) is 0. The van der Waals surface area contributed by atoms with Crippen molar-refractivity contribution >= 4 is 0 Å². The van der Waals surface area contributed by atoms with Crippen LogP contribution in [0, 0.1) is 11.3 Å². The van der Waals surface area contributed by atoms with E-state index in [0.29, 0.717) is 5.92 Å². The lowest BCUT2D eigenvalue weighted by atomic mass is 9.70. The molecule has 0 spiro atoms. The Balaban J connectivity index is 2.42. The predicted octanol–water partition coefficient (Wildman–Crippen LogP) is 6.37. The largest absolute Gasteiger partial charge is 0.0629 e. The minimum Gasteiger partial charge on any atom is -0.0629 e. The number of allylic oxidation sites excluding steroid dienone is 8. The van der Waals surface area contributed by atoms with Gasteiger partial charge in [-0.25, -0.2) is 0 Å². The molecule has 0 saturated carbocycles. The molecule has 0 bridgehead atoms. The van der Waals surface area contributed by atoms with E-state index < -0.39 is 0 Å². The topological polar surface area (TPSA) is 0 Å². The van der Waals surface area contributed by atoms with Crippen molar-refractivity contribution in [1.29, 1.82) is 0 Å². The highest BCUT2D eigenvalue weighted by Gasteiger charge is 2.40. The van der Waals surface area contributed by atoms with Crippen LogP contribution in [0.4, 0.5) is 0 Å².